The first-order valence-corrected chi connectivity index (χ1v) is 10.4. The first-order chi connectivity index (χ1) is 11.0. The van der Waals surface area contributed by atoms with Crippen LogP contribution in [0.25, 0.3) is 0 Å². The van der Waals surface area contributed by atoms with Crippen LogP contribution in [0.15, 0.2) is 54.6 Å². The fraction of sp³-hybridized carbons (Fsp3) is 0.333. The molecule has 2 aromatic rings. The van der Waals surface area contributed by atoms with Gasteiger partial charge in [0.25, 0.3) is 0 Å². The van der Waals surface area contributed by atoms with Gasteiger partial charge in [-0.05, 0) is 18.1 Å². The van der Waals surface area contributed by atoms with Gasteiger partial charge < -0.3 is 0 Å². The number of hydrogen-bond donors (Lipinski definition) is 0. The molecule has 1 heterocycles. The van der Waals surface area contributed by atoms with Crippen molar-refractivity contribution in [2.45, 2.75) is 17.9 Å². The van der Waals surface area contributed by atoms with E-state index in [4.69, 9.17) is 0 Å². The molecule has 2 aromatic carbocycles. The average molecular weight is 348 g/mol. The van der Waals surface area contributed by atoms with E-state index in [-0.39, 0.29) is 11.0 Å². The van der Waals surface area contributed by atoms with Crippen LogP contribution in [0.1, 0.15) is 21.9 Å². The predicted molar refractivity (Wildman–Crippen MR) is 97.0 cm³/mol. The van der Waals surface area contributed by atoms with Crippen molar-refractivity contribution in [3.05, 3.63) is 71.3 Å². The fourth-order valence-corrected chi connectivity index (χ4v) is 5.73. The smallest absolute Gasteiger partial charge is 0.212 e. The first kappa shape index (κ1) is 16.6. The van der Waals surface area contributed by atoms with Gasteiger partial charge in [0, 0.05) is 24.1 Å². The van der Waals surface area contributed by atoms with Crippen LogP contribution in [0.5, 0.6) is 0 Å². The summed E-state index contributed by atoms with van der Waals surface area (Å²) in [7, 11) is -3.27. The lowest BCUT2D eigenvalue weighted by Gasteiger charge is -2.31. The molecule has 1 unspecified atom stereocenters. The number of rotatable bonds is 4. The first-order valence-electron chi connectivity index (χ1n) is 7.74. The highest BCUT2D eigenvalue weighted by Gasteiger charge is 2.30. The largest absolute Gasteiger partial charge is 0.218 e. The van der Waals surface area contributed by atoms with Gasteiger partial charge in [0.2, 0.25) is 10.0 Å². The SMILES string of the molecule is Cc1ccc(CS(=O)(=O)N2CCSC(c3ccccc3)C2)cc1. The molecule has 1 aliphatic rings. The van der Waals surface area contributed by atoms with E-state index in [0.29, 0.717) is 13.1 Å². The highest BCUT2D eigenvalue weighted by Crippen LogP contribution is 2.34. The number of aryl methyl sites for hydroxylation is 1. The van der Waals surface area contributed by atoms with Crippen molar-refractivity contribution in [3.63, 3.8) is 0 Å². The van der Waals surface area contributed by atoms with E-state index < -0.39 is 10.0 Å². The van der Waals surface area contributed by atoms with E-state index in [0.717, 1.165) is 16.9 Å². The number of thioether (sulfide) groups is 1. The molecular weight excluding hydrogens is 326 g/mol. The summed E-state index contributed by atoms with van der Waals surface area (Å²) in [5.74, 6) is 0.923. The van der Waals surface area contributed by atoms with Crippen LogP contribution >= 0.6 is 11.8 Å². The monoisotopic (exact) mass is 347 g/mol. The van der Waals surface area contributed by atoms with Gasteiger partial charge in [0.05, 0.1) is 5.75 Å². The maximum Gasteiger partial charge on any atom is 0.218 e. The average Bonchev–Trinajstić information content (AvgIpc) is 2.58. The molecule has 0 saturated carbocycles. The Morgan fingerprint density at radius 1 is 1.09 bits per heavy atom. The van der Waals surface area contributed by atoms with Crippen molar-refractivity contribution in [2.75, 3.05) is 18.8 Å². The Labute approximate surface area is 142 Å². The van der Waals surface area contributed by atoms with Crippen molar-refractivity contribution in [1.82, 2.24) is 4.31 Å². The van der Waals surface area contributed by atoms with Crippen LogP contribution < -0.4 is 0 Å². The third-order valence-electron chi connectivity index (χ3n) is 4.06. The molecule has 0 amide bonds. The Morgan fingerprint density at radius 3 is 2.48 bits per heavy atom. The molecule has 0 aromatic heterocycles. The molecule has 0 spiro atoms. The minimum atomic E-state index is -3.27. The van der Waals surface area contributed by atoms with E-state index in [1.165, 1.54) is 5.56 Å². The summed E-state index contributed by atoms with van der Waals surface area (Å²) in [5, 5.41) is 0.220. The topological polar surface area (TPSA) is 37.4 Å². The molecule has 5 heteroatoms. The molecule has 3 rings (SSSR count). The Balaban J connectivity index is 1.73. The van der Waals surface area contributed by atoms with Crippen LogP contribution in [0.3, 0.4) is 0 Å². The third-order valence-corrected chi connectivity index (χ3v) is 7.12. The van der Waals surface area contributed by atoms with Gasteiger partial charge in [-0.1, -0.05) is 60.2 Å². The van der Waals surface area contributed by atoms with Crippen molar-refractivity contribution in [1.29, 1.82) is 0 Å². The van der Waals surface area contributed by atoms with Gasteiger partial charge in [-0.25, -0.2) is 8.42 Å². The Bertz CT molecular complexity index is 742. The third kappa shape index (κ3) is 4.16. The Morgan fingerprint density at radius 2 is 1.78 bits per heavy atom. The van der Waals surface area contributed by atoms with Gasteiger partial charge in [-0.3, -0.25) is 0 Å². The molecule has 23 heavy (non-hydrogen) atoms. The number of hydrogen-bond acceptors (Lipinski definition) is 3. The second kappa shape index (κ2) is 7.07. The second-order valence-corrected chi connectivity index (χ2v) is 9.15. The summed E-state index contributed by atoms with van der Waals surface area (Å²) in [6.45, 7) is 3.16. The molecule has 1 saturated heterocycles. The maximum absolute atomic E-state index is 12.7. The highest BCUT2D eigenvalue weighted by molar-refractivity contribution is 7.99. The number of benzene rings is 2. The summed E-state index contributed by atoms with van der Waals surface area (Å²) in [6, 6.07) is 17.9. The summed E-state index contributed by atoms with van der Waals surface area (Å²) in [5.41, 5.74) is 3.20. The van der Waals surface area contributed by atoms with Gasteiger partial charge in [0.1, 0.15) is 0 Å². The zero-order chi connectivity index (χ0) is 16.3. The molecular formula is C18H21NO2S2. The maximum atomic E-state index is 12.7. The van der Waals surface area contributed by atoms with Crippen molar-refractivity contribution >= 4 is 21.8 Å². The van der Waals surface area contributed by atoms with Gasteiger partial charge in [-0.2, -0.15) is 16.1 Å². The molecule has 3 nitrogen and oxygen atoms in total. The van der Waals surface area contributed by atoms with E-state index in [1.807, 2.05) is 61.2 Å². The van der Waals surface area contributed by atoms with E-state index in [2.05, 4.69) is 12.1 Å². The summed E-state index contributed by atoms with van der Waals surface area (Å²) in [6.07, 6.45) is 0. The van der Waals surface area contributed by atoms with Crippen LogP contribution in [0.2, 0.25) is 0 Å². The quantitative estimate of drug-likeness (QED) is 0.848. The van der Waals surface area contributed by atoms with E-state index >= 15 is 0 Å². The standard InChI is InChI=1S/C18H21NO2S2/c1-15-7-9-16(10-8-15)14-23(20,21)19-11-12-22-18(13-19)17-5-3-2-4-6-17/h2-10,18H,11-14H2,1H3. The molecule has 0 radical (unpaired) electrons. The molecule has 1 fully saturated rings. The predicted octanol–water partition coefficient (Wildman–Crippen LogP) is 3.61. The van der Waals surface area contributed by atoms with Gasteiger partial charge in [-0.15, -0.1) is 0 Å². The Hall–Kier alpha value is -1.30. The number of nitrogens with zero attached hydrogens (tertiary/aromatic N) is 1. The lowest BCUT2D eigenvalue weighted by atomic mass is 10.1. The molecule has 122 valence electrons. The molecule has 0 N–H and O–H groups in total. The summed E-state index contributed by atoms with van der Waals surface area (Å²) >= 11 is 1.84. The Kier molecular flexibility index (Phi) is 5.09. The zero-order valence-corrected chi connectivity index (χ0v) is 14.8. The van der Waals surface area contributed by atoms with Crippen molar-refractivity contribution in [3.8, 4) is 0 Å². The zero-order valence-electron chi connectivity index (χ0n) is 13.2. The van der Waals surface area contributed by atoms with Crippen LogP contribution in [0, 0.1) is 6.92 Å². The highest BCUT2D eigenvalue weighted by atomic mass is 32.2. The minimum Gasteiger partial charge on any atom is -0.212 e. The normalized spacial score (nSPS) is 19.6. The van der Waals surface area contributed by atoms with Gasteiger partial charge in [0.15, 0.2) is 0 Å². The molecule has 0 aliphatic carbocycles. The van der Waals surface area contributed by atoms with Crippen LogP contribution in [-0.4, -0.2) is 31.6 Å². The van der Waals surface area contributed by atoms with E-state index in [1.54, 1.807) is 4.31 Å². The lowest BCUT2D eigenvalue weighted by molar-refractivity contribution is 0.420. The van der Waals surface area contributed by atoms with Crippen LogP contribution in [-0.2, 0) is 15.8 Å². The molecule has 0 bridgehead atoms. The second-order valence-electron chi connectivity index (χ2n) is 5.87. The molecule has 1 aliphatic heterocycles. The minimum absolute atomic E-state index is 0.0828. The van der Waals surface area contributed by atoms with E-state index in [9.17, 15) is 8.42 Å². The lowest BCUT2D eigenvalue weighted by Crippen LogP contribution is -2.39. The van der Waals surface area contributed by atoms with Crippen LogP contribution in [0.4, 0.5) is 0 Å². The number of sulfonamides is 1. The van der Waals surface area contributed by atoms with Gasteiger partial charge >= 0.3 is 0 Å². The molecule has 1 atom stereocenters. The summed E-state index contributed by atoms with van der Waals surface area (Å²) in [4.78, 5) is 0. The fourth-order valence-electron chi connectivity index (χ4n) is 2.73. The summed E-state index contributed by atoms with van der Waals surface area (Å²) < 4.78 is 27.1. The van der Waals surface area contributed by atoms with Crippen molar-refractivity contribution < 1.29 is 8.42 Å². The van der Waals surface area contributed by atoms with Crippen molar-refractivity contribution in [2.24, 2.45) is 0 Å².